The minimum Gasteiger partial charge on any atom is -0.462 e. The van der Waals surface area contributed by atoms with E-state index >= 15 is 0 Å². The Morgan fingerprint density at radius 1 is 0.303 bits per heavy atom. The van der Waals surface area contributed by atoms with E-state index in [0.717, 1.165) is 122 Å². The van der Waals surface area contributed by atoms with Gasteiger partial charge in [0.15, 0.2) is 6.10 Å². The van der Waals surface area contributed by atoms with E-state index in [4.69, 9.17) is 14.2 Å². The van der Waals surface area contributed by atoms with Gasteiger partial charge in [-0.15, -0.1) is 0 Å². The summed E-state index contributed by atoms with van der Waals surface area (Å²) >= 11 is 0. The Morgan fingerprint density at radius 3 is 0.894 bits per heavy atom. The Labute approximate surface area is 408 Å². The number of carbonyl (C=O) groups excluding carboxylic acids is 3. The number of rotatable bonds is 50. The molecule has 0 spiro atoms. The highest BCUT2D eigenvalue weighted by Gasteiger charge is 2.19. The second kappa shape index (κ2) is 54.5. The Balaban J connectivity index is 4.44. The molecule has 1 unspecified atom stereocenters. The molecule has 0 amide bonds. The van der Waals surface area contributed by atoms with Crippen LogP contribution in [0.4, 0.5) is 0 Å². The average molecular weight is 921 g/mol. The second-order valence-corrected chi connectivity index (χ2v) is 18.5. The first-order chi connectivity index (χ1) is 32.5. The zero-order valence-electron chi connectivity index (χ0n) is 43.4. The van der Waals surface area contributed by atoms with Crippen molar-refractivity contribution in [1.82, 2.24) is 0 Å². The molecule has 0 aliphatic heterocycles. The van der Waals surface area contributed by atoms with Gasteiger partial charge in [0.1, 0.15) is 13.2 Å². The van der Waals surface area contributed by atoms with Crippen molar-refractivity contribution in [3.63, 3.8) is 0 Å². The maximum absolute atomic E-state index is 12.8. The van der Waals surface area contributed by atoms with E-state index in [-0.39, 0.29) is 31.1 Å². The molecule has 0 saturated carbocycles. The van der Waals surface area contributed by atoms with Gasteiger partial charge in [-0.05, 0) is 116 Å². The highest BCUT2D eigenvalue weighted by atomic mass is 16.6. The summed E-state index contributed by atoms with van der Waals surface area (Å²) in [5, 5.41) is 0. The summed E-state index contributed by atoms with van der Waals surface area (Å²) in [5.74, 6) is -0.924. The predicted molar refractivity (Wildman–Crippen MR) is 284 cm³/mol. The van der Waals surface area contributed by atoms with Gasteiger partial charge in [0.25, 0.3) is 0 Å². The maximum Gasteiger partial charge on any atom is 0.306 e. The minimum atomic E-state index is -0.793. The van der Waals surface area contributed by atoms with E-state index in [0.29, 0.717) is 19.3 Å². The number of allylic oxidation sites excluding steroid dienone is 12. The van der Waals surface area contributed by atoms with Crippen molar-refractivity contribution >= 4 is 17.9 Å². The summed E-state index contributed by atoms with van der Waals surface area (Å²) in [6.07, 6.45) is 68.8. The molecule has 380 valence electrons. The molecule has 0 aromatic carbocycles. The number of ether oxygens (including phenoxy) is 3. The van der Waals surface area contributed by atoms with E-state index in [9.17, 15) is 14.4 Å². The van der Waals surface area contributed by atoms with Gasteiger partial charge in [0, 0.05) is 19.3 Å². The lowest BCUT2D eigenvalue weighted by Gasteiger charge is -2.18. The maximum atomic E-state index is 12.8. The Hall–Kier alpha value is -3.15. The number of carbonyl (C=O) groups is 3. The van der Waals surface area contributed by atoms with Crippen LogP contribution in [0.1, 0.15) is 271 Å². The van der Waals surface area contributed by atoms with Gasteiger partial charge in [-0.25, -0.2) is 0 Å². The van der Waals surface area contributed by atoms with E-state index in [1.165, 1.54) is 109 Å². The van der Waals surface area contributed by atoms with E-state index in [1.807, 2.05) is 0 Å². The van der Waals surface area contributed by atoms with Crippen molar-refractivity contribution in [3.8, 4) is 0 Å². The van der Waals surface area contributed by atoms with Crippen LogP contribution in [0.3, 0.4) is 0 Å². The molecule has 0 aliphatic carbocycles. The molecule has 0 radical (unpaired) electrons. The van der Waals surface area contributed by atoms with Crippen molar-refractivity contribution in [1.29, 1.82) is 0 Å². The highest BCUT2D eigenvalue weighted by Crippen LogP contribution is 2.14. The molecule has 0 heterocycles. The first kappa shape index (κ1) is 62.8. The summed E-state index contributed by atoms with van der Waals surface area (Å²) in [6.45, 7) is 6.56. The summed E-state index contributed by atoms with van der Waals surface area (Å²) in [7, 11) is 0. The summed E-state index contributed by atoms with van der Waals surface area (Å²) in [5.41, 5.74) is 0. The number of unbranched alkanes of at least 4 members (excludes halogenated alkanes) is 27. The average Bonchev–Trinajstić information content (AvgIpc) is 3.31. The molecule has 0 saturated heterocycles. The van der Waals surface area contributed by atoms with E-state index in [2.05, 4.69) is 93.7 Å². The Kier molecular flexibility index (Phi) is 51.9. The third kappa shape index (κ3) is 51.8. The third-order valence-electron chi connectivity index (χ3n) is 11.9. The summed E-state index contributed by atoms with van der Waals surface area (Å²) in [6, 6.07) is 0. The normalized spacial score (nSPS) is 12.6. The Morgan fingerprint density at radius 2 is 0.545 bits per heavy atom. The fourth-order valence-corrected chi connectivity index (χ4v) is 7.65. The first-order valence-electron chi connectivity index (χ1n) is 27.9. The first-order valence-corrected chi connectivity index (χ1v) is 27.9. The van der Waals surface area contributed by atoms with Gasteiger partial charge in [0.2, 0.25) is 0 Å². The number of hydrogen-bond donors (Lipinski definition) is 0. The van der Waals surface area contributed by atoms with Crippen molar-refractivity contribution in [2.75, 3.05) is 13.2 Å². The van der Waals surface area contributed by atoms with Crippen LogP contribution < -0.4 is 0 Å². The number of hydrogen-bond acceptors (Lipinski definition) is 6. The van der Waals surface area contributed by atoms with Crippen molar-refractivity contribution in [2.24, 2.45) is 0 Å². The quantitative estimate of drug-likeness (QED) is 0.0262. The predicted octanol–water partition coefficient (Wildman–Crippen LogP) is 18.6. The summed E-state index contributed by atoms with van der Waals surface area (Å²) in [4.78, 5) is 38.1. The minimum absolute atomic E-state index is 0.0909. The molecule has 0 aromatic rings. The van der Waals surface area contributed by atoms with Crippen LogP contribution in [-0.2, 0) is 28.6 Å². The van der Waals surface area contributed by atoms with E-state index in [1.54, 1.807) is 0 Å². The van der Waals surface area contributed by atoms with Crippen LogP contribution in [0, 0.1) is 0 Å². The van der Waals surface area contributed by atoms with Crippen molar-refractivity contribution in [2.45, 2.75) is 277 Å². The van der Waals surface area contributed by atoms with Gasteiger partial charge in [0.05, 0.1) is 0 Å². The van der Waals surface area contributed by atoms with Crippen LogP contribution in [0.25, 0.3) is 0 Å². The molecule has 0 fully saturated rings. The monoisotopic (exact) mass is 921 g/mol. The molecule has 66 heavy (non-hydrogen) atoms. The van der Waals surface area contributed by atoms with Crippen molar-refractivity contribution < 1.29 is 28.6 Å². The van der Waals surface area contributed by atoms with Gasteiger partial charge in [-0.3, -0.25) is 14.4 Å². The molecule has 6 nitrogen and oxygen atoms in total. The fraction of sp³-hybridized carbons (Fsp3) is 0.750. The van der Waals surface area contributed by atoms with Crippen LogP contribution in [0.5, 0.6) is 0 Å². The van der Waals surface area contributed by atoms with Gasteiger partial charge in [-0.1, -0.05) is 209 Å². The smallest absolute Gasteiger partial charge is 0.306 e. The molecule has 0 rings (SSSR count). The molecule has 0 N–H and O–H groups in total. The molecular weight excluding hydrogens is 817 g/mol. The lowest BCUT2D eigenvalue weighted by Crippen LogP contribution is -2.30. The molecule has 0 aliphatic rings. The molecule has 1 atom stereocenters. The molecule has 6 heteroatoms. The van der Waals surface area contributed by atoms with Gasteiger partial charge >= 0.3 is 17.9 Å². The fourth-order valence-electron chi connectivity index (χ4n) is 7.65. The van der Waals surface area contributed by atoms with Crippen LogP contribution >= 0.6 is 0 Å². The van der Waals surface area contributed by atoms with Gasteiger partial charge in [-0.2, -0.15) is 0 Å². The van der Waals surface area contributed by atoms with Crippen molar-refractivity contribution in [3.05, 3.63) is 72.9 Å². The van der Waals surface area contributed by atoms with E-state index < -0.39 is 6.10 Å². The third-order valence-corrected chi connectivity index (χ3v) is 11.9. The second-order valence-electron chi connectivity index (χ2n) is 18.5. The number of esters is 3. The zero-order valence-corrected chi connectivity index (χ0v) is 43.4. The van der Waals surface area contributed by atoms with Crippen LogP contribution in [0.15, 0.2) is 72.9 Å². The molecule has 0 bridgehead atoms. The van der Waals surface area contributed by atoms with Crippen LogP contribution in [-0.4, -0.2) is 37.2 Å². The lowest BCUT2D eigenvalue weighted by molar-refractivity contribution is -0.167. The SMILES string of the molecule is CCCCCC=CCC=CCC=CCCCCCCCC(=O)OCC(COC(=O)CCCCCCCC=CCCCCCCCC)OC(=O)CCCCCCCC=CCC=CCCCCC. The topological polar surface area (TPSA) is 78.9 Å². The largest absolute Gasteiger partial charge is 0.462 e. The molecule has 0 aromatic heterocycles. The Bertz CT molecular complexity index is 1240. The van der Waals surface area contributed by atoms with Gasteiger partial charge < -0.3 is 14.2 Å². The zero-order chi connectivity index (χ0) is 47.9. The summed E-state index contributed by atoms with van der Waals surface area (Å²) < 4.78 is 16.8. The highest BCUT2D eigenvalue weighted by molar-refractivity contribution is 5.71. The van der Waals surface area contributed by atoms with Crippen LogP contribution in [0.2, 0.25) is 0 Å². The lowest BCUT2D eigenvalue weighted by atomic mass is 10.1. The molecular formula is C60H104O6. The standard InChI is InChI=1S/C60H104O6/c1-4-7-10-13-16-19-22-25-28-29-30-33-35-38-41-44-47-50-53-59(62)65-56-57(66-60(63)54-51-48-45-42-39-36-32-27-24-21-18-15-12-9-6-3)55-64-58(61)52-49-46-43-40-37-34-31-26-23-20-17-14-11-8-5-2/h16,18-19,21,25-28,30-33,57H,4-15,17,20,22-24,29,34-56H2,1-3H3.